The minimum atomic E-state index is 0.153. The fourth-order valence-corrected chi connectivity index (χ4v) is 3.58. The molecule has 5 nitrogen and oxygen atoms in total. The van der Waals surface area contributed by atoms with Crippen molar-refractivity contribution in [2.45, 2.75) is 18.9 Å². The molecule has 0 radical (unpaired) electrons. The van der Waals surface area contributed by atoms with Crippen LogP contribution in [0.15, 0.2) is 48.5 Å². The number of piperazine rings is 1. The molecule has 1 fully saturated rings. The highest BCUT2D eigenvalue weighted by Crippen LogP contribution is 2.31. The molecular weight excluding hydrogens is 340 g/mol. The number of amides is 1. The molecule has 1 amide bonds. The molecule has 1 aliphatic heterocycles. The van der Waals surface area contributed by atoms with Crippen LogP contribution in [0.4, 0.5) is 0 Å². The van der Waals surface area contributed by atoms with Crippen molar-refractivity contribution >= 4 is 5.91 Å². The number of ether oxygens (including phenoxy) is 2. The number of para-hydroxylation sites is 1. The lowest BCUT2D eigenvalue weighted by molar-refractivity contribution is -0.134. The lowest BCUT2D eigenvalue weighted by Gasteiger charge is -2.40. The molecule has 1 saturated heterocycles. The standard InChI is InChI=1S/C22H28N2O3/c1-23-14-15-24(16-20(23)19-6-4-5-7-21(19)27-3)22(25)13-10-17-8-11-18(26-2)12-9-17/h4-9,11-12,20H,10,13-16H2,1-3H3. The van der Waals surface area contributed by atoms with Gasteiger partial charge in [-0.2, -0.15) is 0 Å². The van der Waals surface area contributed by atoms with Gasteiger partial charge in [-0.1, -0.05) is 30.3 Å². The Morgan fingerprint density at radius 3 is 2.48 bits per heavy atom. The van der Waals surface area contributed by atoms with E-state index in [1.54, 1.807) is 14.2 Å². The third-order valence-corrected chi connectivity index (χ3v) is 5.29. The molecule has 0 bridgehead atoms. The van der Waals surface area contributed by atoms with E-state index in [2.05, 4.69) is 18.0 Å². The summed E-state index contributed by atoms with van der Waals surface area (Å²) < 4.78 is 10.7. The van der Waals surface area contributed by atoms with E-state index < -0.39 is 0 Å². The first-order valence-corrected chi connectivity index (χ1v) is 9.36. The number of rotatable bonds is 6. The summed E-state index contributed by atoms with van der Waals surface area (Å²) in [4.78, 5) is 17.1. The molecule has 3 rings (SSSR count). The van der Waals surface area contributed by atoms with Gasteiger partial charge >= 0.3 is 0 Å². The highest BCUT2D eigenvalue weighted by atomic mass is 16.5. The van der Waals surface area contributed by atoms with Gasteiger partial charge in [-0.3, -0.25) is 9.69 Å². The molecule has 1 atom stereocenters. The van der Waals surface area contributed by atoms with Gasteiger partial charge in [0.15, 0.2) is 0 Å². The summed E-state index contributed by atoms with van der Waals surface area (Å²) in [6, 6.07) is 16.1. The maximum atomic E-state index is 12.8. The lowest BCUT2D eigenvalue weighted by Crippen LogP contribution is -2.49. The van der Waals surface area contributed by atoms with Crippen LogP contribution in [0.25, 0.3) is 0 Å². The Morgan fingerprint density at radius 1 is 1.04 bits per heavy atom. The van der Waals surface area contributed by atoms with Crippen LogP contribution in [0, 0.1) is 0 Å². The van der Waals surface area contributed by atoms with E-state index in [9.17, 15) is 4.79 Å². The van der Waals surface area contributed by atoms with Crippen molar-refractivity contribution in [1.29, 1.82) is 0 Å². The second-order valence-electron chi connectivity index (χ2n) is 6.93. The van der Waals surface area contributed by atoms with Gasteiger partial charge in [0.1, 0.15) is 11.5 Å². The van der Waals surface area contributed by atoms with Crippen molar-refractivity contribution < 1.29 is 14.3 Å². The van der Waals surface area contributed by atoms with Crippen molar-refractivity contribution in [2.24, 2.45) is 0 Å². The molecule has 0 spiro atoms. The van der Waals surface area contributed by atoms with E-state index in [1.165, 1.54) is 0 Å². The highest BCUT2D eigenvalue weighted by Gasteiger charge is 2.29. The minimum Gasteiger partial charge on any atom is -0.497 e. The van der Waals surface area contributed by atoms with Gasteiger partial charge in [0.2, 0.25) is 5.91 Å². The molecular formula is C22H28N2O3. The van der Waals surface area contributed by atoms with E-state index in [-0.39, 0.29) is 11.9 Å². The summed E-state index contributed by atoms with van der Waals surface area (Å²) in [6.07, 6.45) is 1.27. The number of benzene rings is 2. The van der Waals surface area contributed by atoms with Gasteiger partial charge in [0, 0.05) is 31.6 Å². The van der Waals surface area contributed by atoms with Crippen molar-refractivity contribution in [3.8, 4) is 11.5 Å². The molecule has 5 heteroatoms. The van der Waals surface area contributed by atoms with Crippen molar-refractivity contribution in [1.82, 2.24) is 9.80 Å². The average molecular weight is 368 g/mol. The second-order valence-corrected chi connectivity index (χ2v) is 6.93. The molecule has 1 aliphatic rings. The Morgan fingerprint density at radius 2 is 1.78 bits per heavy atom. The molecule has 144 valence electrons. The van der Waals surface area contributed by atoms with Crippen LogP contribution < -0.4 is 9.47 Å². The summed E-state index contributed by atoms with van der Waals surface area (Å²) in [5.41, 5.74) is 2.29. The van der Waals surface area contributed by atoms with Crippen LogP contribution in [0.3, 0.4) is 0 Å². The zero-order valence-electron chi connectivity index (χ0n) is 16.4. The Hall–Kier alpha value is -2.53. The maximum absolute atomic E-state index is 12.8. The number of nitrogens with zero attached hydrogens (tertiary/aromatic N) is 2. The van der Waals surface area contributed by atoms with Crippen LogP contribution in [-0.4, -0.2) is 56.6 Å². The Balaban J connectivity index is 1.63. The fourth-order valence-electron chi connectivity index (χ4n) is 3.58. The van der Waals surface area contributed by atoms with Crippen LogP contribution in [0.1, 0.15) is 23.6 Å². The summed E-state index contributed by atoms with van der Waals surface area (Å²) in [5.74, 6) is 1.92. The molecule has 0 saturated carbocycles. The van der Waals surface area contributed by atoms with Crippen molar-refractivity contribution in [3.05, 3.63) is 59.7 Å². The highest BCUT2D eigenvalue weighted by molar-refractivity contribution is 5.76. The van der Waals surface area contributed by atoms with E-state index in [1.807, 2.05) is 47.4 Å². The molecule has 1 unspecified atom stereocenters. The molecule has 0 aliphatic carbocycles. The van der Waals surface area contributed by atoms with Crippen LogP contribution in [0.5, 0.6) is 11.5 Å². The number of carbonyl (C=O) groups is 1. The van der Waals surface area contributed by atoms with Crippen LogP contribution in [0.2, 0.25) is 0 Å². The van der Waals surface area contributed by atoms with Gasteiger partial charge in [0.25, 0.3) is 0 Å². The van der Waals surface area contributed by atoms with E-state index in [4.69, 9.17) is 9.47 Å². The van der Waals surface area contributed by atoms with Crippen LogP contribution >= 0.6 is 0 Å². The topological polar surface area (TPSA) is 42.0 Å². The third kappa shape index (κ3) is 4.61. The van der Waals surface area contributed by atoms with Crippen molar-refractivity contribution in [2.75, 3.05) is 40.9 Å². The molecule has 2 aromatic carbocycles. The summed E-state index contributed by atoms with van der Waals surface area (Å²) in [7, 11) is 5.46. The monoisotopic (exact) mass is 368 g/mol. The lowest BCUT2D eigenvalue weighted by atomic mass is 10.0. The zero-order valence-corrected chi connectivity index (χ0v) is 16.4. The van der Waals surface area contributed by atoms with E-state index in [0.29, 0.717) is 13.0 Å². The molecule has 2 aromatic rings. The van der Waals surface area contributed by atoms with Gasteiger partial charge in [-0.05, 0) is 37.2 Å². The summed E-state index contributed by atoms with van der Waals surface area (Å²) in [5, 5.41) is 0. The smallest absolute Gasteiger partial charge is 0.223 e. The first kappa shape index (κ1) is 19.2. The van der Waals surface area contributed by atoms with E-state index in [0.717, 1.165) is 42.1 Å². The predicted molar refractivity (Wildman–Crippen MR) is 106 cm³/mol. The molecule has 0 aromatic heterocycles. The first-order chi connectivity index (χ1) is 13.1. The van der Waals surface area contributed by atoms with Gasteiger partial charge in [-0.15, -0.1) is 0 Å². The minimum absolute atomic E-state index is 0.153. The first-order valence-electron chi connectivity index (χ1n) is 9.36. The van der Waals surface area contributed by atoms with Crippen molar-refractivity contribution in [3.63, 3.8) is 0 Å². The third-order valence-electron chi connectivity index (χ3n) is 5.29. The van der Waals surface area contributed by atoms with Gasteiger partial charge in [-0.25, -0.2) is 0 Å². The molecule has 0 N–H and O–H groups in total. The van der Waals surface area contributed by atoms with Gasteiger partial charge in [0.05, 0.1) is 20.3 Å². The largest absolute Gasteiger partial charge is 0.497 e. The quantitative estimate of drug-likeness (QED) is 0.786. The number of likely N-dealkylation sites (N-methyl/N-ethyl adjacent to an activating group) is 1. The summed E-state index contributed by atoms with van der Waals surface area (Å²) in [6.45, 7) is 2.32. The number of aryl methyl sites for hydroxylation is 1. The number of hydrogen-bond acceptors (Lipinski definition) is 4. The molecule has 27 heavy (non-hydrogen) atoms. The number of carbonyl (C=O) groups excluding carboxylic acids is 1. The zero-order chi connectivity index (χ0) is 19.2. The van der Waals surface area contributed by atoms with Crippen LogP contribution in [-0.2, 0) is 11.2 Å². The fraction of sp³-hybridized carbons (Fsp3) is 0.409. The van der Waals surface area contributed by atoms with Gasteiger partial charge < -0.3 is 14.4 Å². The number of hydrogen-bond donors (Lipinski definition) is 0. The Labute approximate surface area is 161 Å². The molecule has 1 heterocycles. The summed E-state index contributed by atoms with van der Waals surface area (Å²) >= 11 is 0. The SMILES string of the molecule is COc1ccc(CCC(=O)N2CCN(C)C(c3ccccc3OC)C2)cc1. The average Bonchev–Trinajstić information content (AvgIpc) is 2.72. The normalized spacial score (nSPS) is 17.6. The Bertz CT molecular complexity index is 760. The van der Waals surface area contributed by atoms with E-state index >= 15 is 0 Å². The maximum Gasteiger partial charge on any atom is 0.223 e. The Kier molecular flexibility index (Phi) is 6.35. The second kappa shape index (κ2) is 8.91. The predicted octanol–water partition coefficient (Wildman–Crippen LogP) is 3.15. The number of methoxy groups -OCH3 is 2.